The maximum atomic E-state index is 11.0. The van der Waals surface area contributed by atoms with E-state index in [2.05, 4.69) is 4.74 Å². The first-order chi connectivity index (χ1) is 7.47. The van der Waals surface area contributed by atoms with Gasteiger partial charge in [0.05, 0.1) is 17.1 Å². The van der Waals surface area contributed by atoms with Gasteiger partial charge >= 0.3 is 11.8 Å². The van der Waals surface area contributed by atoms with E-state index in [9.17, 15) is 14.9 Å². The summed E-state index contributed by atoms with van der Waals surface area (Å²) in [5.41, 5.74) is 5.43. The molecule has 1 aromatic rings. The molecular formula is C8H10N2O5S. The van der Waals surface area contributed by atoms with Crippen LogP contribution in [-0.4, -0.2) is 17.7 Å². The van der Waals surface area contributed by atoms with E-state index in [1.807, 2.05) is 0 Å². The van der Waals surface area contributed by atoms with Gasteiger partial charge in [-0.05, 0) is 13.8 Å². The molecule has 0 aromatic carbocycles. The van der Waals surface area contributed by atoms with Gasteiger partial charge in [-0.2, -0.15) is 0 Å². The lowest BCUT2D eigenvalue weighted by Gasteiger charge is -2.01. The van der Waals surface area contributed by atoms with Gasteiger partial charge in [0.25, 0.3) is 0 Å². The molecule has 0 aliphatic heterocycles. The van der Waals surface area contributed by atoms with Crippen LogP contribution in [0.2, 0.25) is 0 Å². The molecule has 0 spiro atoms. The Hall–Kier alpha value is -1.83. The highest BCUT2D eigenvalue weighted by Gasteiger charge is 2.25. The van der Waals surface area contributed by atoms with E-state index in [-0.39, 0.29) is 27.9 Å². The molecule has 0 fully saturated rings. The summed E-state index contributed by atoms with van der Waals surface area (Å²) >= 11 is 0.837. The van der Waals surface area contributed by atoms with Gasteiger partial charge in [-0.15, -0.1) is 0 Å². The number of thiophene rings is 1. The van der Waals surface area contributed by atoms with E-state index in [0.29, 0.717) is 0 Å². The van der Waals surface area contributed by atoms with E-state index >= 15 is 0 Å². The molecule has 0 aliphatic rings. The Morgan fingerprint density at radius 2 is 2.25 bits per heavy atom. The third kappa shape index (κ3) is 2.40. The monoisotopic (exact) mass is 246 g/mol. The molecular weight excluding hydrogens is 236 g/mol. The van der Waals surface area contributed by atoms with Crippen molar-refractivity contribution in [1.29, 1.82) is 0 Å². The first-order valence-corrected chi connectivity index (χ1v) is 5.16. The van der Waals surface area contributed by atoms with Crippen molar-refractivity contribution in [3.8, 4) is 5.06 Å². The predicted molar refractivity (Wildman–Crippen MR) is 57.8 cm³/mol. The van der Waals surface area contributed by atoms with Gasteiger partial charge < -0.3 is 15.2 Å². The van der Waals surface area contributed by atoms with Crippen molar-refractivity contribution in [1.82, 2.24) is 0 Å². The smallest absolute Gasteiger partial charge is 0.434 e. The molecule has 7 nitrogen and oxygen atoms in total. The second-order valence-corrected chi connectivity index (χ2v) is 3.78. The summed E-state index contributed by atoms with van der Waals surface area (Å²) in [4.78, 5) is 21.0. The predicted octanol–water partition coefficient (Wildman–Crippen LogP) is 2.08. The maximum absolute atomic E-state index is 11.0. The molecule has 0 atom stereocenters. The fraction of sp³-hybridized carbons (Fsp3) is 0.375. The Labute approximate surface area is 94.9 Å². The Kier molecular flexibility index (Phi) is 3.67. The van der Waals surface area contributed by atoms with Gasteiger partial charge in [-0.25, -0.2) is 4.79 Å². The second kappa shape index (κ2) is 4.79. The number of carbonyl (C=O) groups excluding carboxylic acids is 1. The highest BCUT2D eigenvalue weighted by atomic mass is 32.1. The lowest BCUT2D eigenvalue weighted by Crippen LogP contribution is -2.09. The number of rotatable bonds is 3. The summed E-state index contributed by atoms with van der Waals surface area (Å²) in [6, 6.07) is 0. The second-order valence-electron chi connectivity index (χ2n) is 2.77. The zero-order chi connectivity index (χ0) is 12.3. The lowest BCUT2D eigenvalue weighted by atomic mass is 10.3. The number of ether oxygens (including phenoxy) is 2. The molecule has 1 rings (SSSR count). The summed E-state index contributed by atoms with van der Waals surface area (Å²) in [6.45, 7) is 3.25. The Bertz CT molecular complexity index is 428. The standard InChI is InChI=1S/C8H10N2O5S/c1-3-14-8(11)15-7-4(2)5(10(12)13)6(9)16-7/h3,9H2,1-2H3. The average Bonchev–Trinajstić information content (AvgIpc) is 2.42. The summed E-state index contributed by atoms with van der Waals surface area (Å²) in [5, 5.41) is 10.7. The molecule has 0 radical (unpaired) electrons. The number of hydrogen-bond donors (Lipinski definition) is 1. The van der Waals surface area contributed by atoms with Crippen LogP contribution in [-0.2, 0) is 4.74 Å². The molecule has 0 saturated heterocycles. The fourth-order valence-corrected chi connectivity index (χ4v) is 1.94. The topological polar surface area (TPSA) is 105 Å². The van der Waals surface area contributed by atoms with Gasteiger partial charge in [0.2, 0.25) is 0 Å². The molecule has 0 unspecified atom stereocenters. The summed E-state index contributed by atoms with van der Waals surface area (Å²) < 4.78 is 9.32. The molecule has 1 aromatic heterocycles. The van der Waals surface area contributed by atoms with E-state index in [4.69, 9.17) is 10.5 Å². The van der Waals surface area contributed by atoms with E-state index in [1.54, 1.807) is 6.92 Å². The molecule has 2 N–H and O–H groups in total. The van der Waals surface area contributed by atoms with Crippen LogP contribution in [0.5, 0.6) is 5.06 Å². The summed E-state index contributed by atoms with van der Waals surface area (Å²) in [6.07, 6.45) is -0.901. The Balaban J connectivity index is 2.95. The first-order valence-electron chi connectivity index (χ1n) is 4.35. The van der Waals surface area contributed by atoms with E-state index in [0.717, 1.165) is 11.3 Å². The molecule has 16 heavy (non-hydrogen) atoms. The number of nitro groups is 1. The van der Waals surface area contributed by atoms with Crippen molar-refractivity contribution in [2.45, 2.75) is 13.8 Å². The van der Waals surface area contributed by atoms with Crippen LogP contribution in [0.25, 0.3) is 0 Å². The minimum Gasteiger partial charge on any atom is -0.434 e. The van der Waals surface area contributed by atoms with Crippen LogP contribution >= 0.6 is 11.3 Å². The SMILES string of the molecule is CCOC(=O)Oc1sc(N)c([N+](=O)[O-])c1C. The third-order valence-corrected chi connectivity index (χ3v) is 2.71. The van der Waals surface area contributed by atoms with Gasteiger partial charge in [0.15, 0.2) is 10.1 Å². The van der Waals surface area contributed by atoms with Crippen LogP contribution < -0.4 is 10.5 Å². The highest BCUT2D eigenvalue weighted by Crippen LogP contribution is 2.42. The van der Waals surface area contributed by atoms with Crippen molar-refractivity contribution in [3.05, 3.63) is 15.7 Å². The minimum absolute atomic E-state index is 0.00167. The third-order valence-electron chi connectivity index (χ3n) is 1.72. The number of nitrogens with zero attached hydrogens (tertiary/aromatic N) is 1. The minimum atomic E-state index is -0.901. The Morgan fingerprint density at radius 3 is 2.69 bits per heavy atom. The van der Waals surface area contributed by atoms with Crippen molar-refractivity contribution >= 4 is 28.2 Å². The Morgan fingerprint density at radius 1 is 1.62 bits per heavy atom. The van der Waals surface area contributed by atoms with Crippen LogP contribution in [0.1, 0.15) is 12.5 Å². The molecule has 8 heteroatoms. The normalized spacial score (nSPS) is 9.88. The molecule has 0 aliphatic carbocycles. The lowest BCUT2D eigenvalue weighted by molar-refractivity contribution is -0.384. The number of nitrogens with two attached hydrogens (primary N) is 1. The zero-order valence-corrected chi connectivity index (χ0v) is 9.50. The van der Waals surface area contributed by atoms with Crippen LogP contribution in [0, 0.1) is 17.0 Å². The van der Waals surface area contributed by atoms with Gasteiger partial charge in [0.1, 0.15) is 0 Å². The van der Waals surface area contributed by atoms with Crippen LogP contribution in [0.15, 0.2) is 0 Å². The van der Waals surface area contributed by atoms with Crippen molar-refractivity contribution < 1.29 is 19.2 Å². The van der Waals surface area contributed by atoms with E-state index < -0.39 is 11.1 Å². The van der Waals surface area contributed by atoms with Gasteiger partial charge in [-0.3, -0.25) is 10.1 Å². The first kappa shape index (κ1) is 12.2. The summed E-state index contributed by atoms with van der Waals surface area (Å²) in [5.74, 6) is 0. The van der Waals surface area contributed by atoms with Crippen molar-refractivity contribution in [2.75, 3.05) is 12.3 Å². The average molecular weight is 246 g/mol. The summed E-state index contributed by atoms with van der Waals surface area (Å²) in [7, 11) is 0. The zero-order valence-electron chi connectivity index (χ0n) is 8.68. The van der Waals surface area contributed by atoms with Gasteiger partial charge in [0, 0.05) is 0 Å². The van der Waals surface area contributed by atoms with Crippen LogP contribution in [0.3, 0.4) is 0 Å². The van der Waals surface area contributed by atoms with Gasteiger partial charge in [-0.1, -0.05) is 11.3 Å². The number of hydrogen-bond acceptors (Lipinski definition) is 7. The quantitative estimate of drug-likeness (QED) is 0.497. The number of anilines is 1. The van der Waals surface area contributed by atoms with Crippen molar-refractivity contribution in [2.24, 2.45) is 0 Å². The maximum Gasteiger partial charge on any atom is 0.514 e. The van der Waals surface area contributed by atoms with Crippen LogP contribution in [0.4, 0.5) is 15.5 Å². The van der Waals surface area contributed by atoms with Crippen molar-refractivity contribution in [3.63, 3.8) is 0 Å². The largest absolute Gasteiger partial charge is 0.514 e. The molecule has 0 bridgehead atoms. The van der Waals surface area contributed by atoms with E-state index in [1.165, 1.54) is 6.92 Å². The number of carbonyl (C=O) groups is 1. The molecule has 88 valence electrons. The molecule has 0 amide bonds. The molecule has 1 heterocycles. The molecule has 0 saturated carbocycles. The number of nitrogen functional groups attached to an aromatic ring is 1. The fourth-order valence-electron chi connectivity index (χ4n) is 1.05. The highest BCUT2D eigenvalue weighted by molar-refractivity contribution is 7.18.